The molecule has 110 valence electrons. The molecule has 2 aromatic carbocycles. The second-order valence-corrected chi connectivity index (χ2v) is 5.83. The minimum absolute atomic E-state index is 0.0413. The van der Waals surface area contributed by atoms with Crippen molar-refractivity contribution < 1.29 is 8.78 Å². The van der Waals surface area contributed by atoms with Crippen LogP contribution in [0.15, 0.2) is 42.5 Å². The Hall–Kier alpha value is -1.45. The van der Waals surface area contributed by atoms with Crippen molar-refractivity contribution in [3.8, 4) is 0 Å². The van der Waals surface area contributed by atoms with Crippen molar-refractivity contribution >= 4 is 11.6 Å². The Labute approximate surface area is 127 Å². The summed E-state index contributed by atoms with van der Waals surface area (Å²) in [5, 5.41) is 3.66. The van der Waals surface area contributed by atoms with Crippen LogP contribution in [0.3, 0.4) is 0 Å². The van der Waals surface area contributed by atoms with Crippen molar-refractivity contribution in [2.45, 2.75) is 18.3 Å². The SMILES string of the molecule is Fc1cc(Cl)ccc1C1CCNCC1c1ccccc1F. The molecule has 1 heterocycles. The number of nitrogens with one attached hydrogen (secondary N) is 1. The Morgan fingerprint density at radius 3 is 2.48 bits per heavy atom. The molecule has 0 saturated carbocycles. The normalized spacial score (nSPS) is 22.2. The van der Waals surface area contributed by atoms with Crippen LogP contribution in [0.4, 0.5) is 8.78 Å². The maximum absolute atomic E-state index is 14.2. The van der Waals surface area contributed by atoms with E-state index in [0.29, 0.717) is 22.7 Å². The van der Waals surface area contributed by atoms with E-state index in [-0.39, 0.29) is 23.5 Å². The highest BCUT2D eigenvalue weighted by molar-refractivity contribution is 6.30. The Balaban J connectivity index is 2.00. The third-order valence-electron chi connectivity index (χ3n) is 4.15. The van der Waals surface area contributed by atoms with E-state index in [1.807, 2.05) is 6.07 Å². The van der Waals surface area contributed by atoms with Crippen molar-refractivity contribution in [1.29, 1.82) is 0 Å². The van der Waals surface area contributed by atoms with Crippen molar-refractivity contribution in [2.75, 3.05) is 13.1 Å². The van der Waals surface area contributed by atoms with E-state index in [1.54, 1.807) is 24.3 Å². The summed E-state index contributed by atoms with van der Waals surface area (Å²) >= 11 is 5.82. The molecule has 1 aliphatic heterocycles. The van der Waals surface area contributed by atoms with E-state index in [4.69, 9.17) is 11.6 Å². The zero-order chi connectivity index (χ0) is 14.8. The first kappa shape index (κ1) is 14.5. The van der Waals surface area contributed by atoms with Crippen LogP contribution in [0.5, 0.6) is 0 Å². The van der Waals surface area contributed by atoms with Crippen molar-refractivity contribution in [1.82, 2.24) is 5.32 Å². The van der Waals surface area contributed by atoms with Crippen LogP contribution in [0.1, 0.15) is 29.4 Å². The molecule has 2 atom stereocenters. The third kappa shape index (κ3) is 2.94. The molecule has 0 radical (unpaired) electrons. The fourth-order valence-corrected chi connectivity index (χ4v) is 3.29. The van der Waals surface area contributed by atoms with Crippen LogP contribution in [-0.4, -0.2) is 13.1 Å². The van der Waals surface area contributed by atoms with Crippen LogP contribution in [0, 0.1) is 11.6 Å². The Bertz CT molecular complexity index is 644. The van der Waals surface area contributed by atoms with E-state index < -0.39 is 0 Å². The first-order valence-corrected chi connectivity index (χ1v) is 7.44. The standard InChI is InChI=1S/C17H16ClF2N/c18-11-5-6-14(17(20)9-11)12-7-8-21-10-15(12)13-3-1-2-4-16(13)19/h1-6,9,12,15,21H,7-8,10H2. The van der Waals surface area contributed by atoms with Crippen LogP contribution < -0.4 is 5.32 Å². The summed E-state index contributed by atoms with van der Waals surface area (Å²) in [5.74, 6) is -0.655. The first-order chi connectivity index (χ1) is 10.2. The molecule has 0 bridgehead atoms. The summed E-state index contributed by atoms with van der Waals surface area (Å²) in [6.07, 6.45) is 0.775. The van der Waals surface area contributed by atoms with E-state index in [0.717, 1.165) is 13.0 Å². The van der Waals surface area contributed by atoms with Gasteiger partial charge >= 0.3 is 0 Å². The van der Waals surface area contributed by atoms with Gasteiger partial charge in [0.1, 0.15) is 11.6 Å². The molecule has 0 aliphatic carbocycles. The van der Waals surface area contributed by atoms with Gasteiger partial charge in [-0.1, -0.05) is 35.9 Å². The molecule has 0 aromatic heterocycles. The van der Waals surface area contributed by atoms with Gasteiger partial charge in [-0.15, -0.1) is 0 Å². The number of piperidine rings is 1. The highest BCUT2D eigenvalue weighted by atomic mass is 35.5. The highest BCUT2D eigenvalue weighted by Gasteiger charge is 2.31. The van der Waals surface area contributed by atoms with E-state index in [2.05, 4.69) is 5.32 Å². The molecular formula is C17H16ClF2N. The van der Waals surface area contributed by atoms with Crippen molar-refractivity contribution in [3.05, 3.63) is 70.2 Å². The summed E-state index contributed by atoms with van der Waals surface area (Å²) in [6, 6.07) is 11.5. The number of halogens is 3. The second-order valence-electron chi connectivity index (χ2n) is 5.39. The Morgan fingerprint density at radius 2 is 1.71 bits per heavy atom. The van der Waals surface area contributed by atoms with Gasteiger partial charge in [0.2, 0.25) is 0 Å². The quantitative estimate of drug-likeness (QED) is 0.862. The first-order valence-electron chi connectivity index (χ1n) is 7.07. The molecule has 1 aliphatic rings. The summed E-state index contributed by atoms with van der Waals surface area (Å²) in [7, 11) is 0. The van der Waals surface area contributed by atoms with E-state index >= 15 is 0 Å². The zero-order valence-corrected chi connectivity index (χ0v) is 12.2. The van der Waals surface area contributed by atoms with E-state index in [9.17, 15) is 8.78 Å². The van der Waals surface area contributed by atoms with Crippen LogP contribution in [0.25, 0.3) is 0 Å². The predicted octanol–water partition coefficient (Wildman–Crippen LogP) is 4.48. The molecule has 0 spiro atoms. The summed E-state index contributed by atoms with van der Waals surface area (Å²) in [4.78, 5) is 0. The van der Waals surface area contributed by atoms with Gasteiger partial charge in [0.05, 0.1) is 0 Å². The molecular weight excluding hydrogens is 292 g/mol. The molecule has 1 nitrogen and oxygen atoms in total. The van der Waals surface area contributed by atoms with E-state index in [1.165, 1.54) is 12.1 Å². The molecule has 2 unspecified atom stereocenters. The lowest BCUT2D eigenvalue weighted by Crippen LogP contribution is -2.34. The lowest BCUT2D eigenvalue weighted by Gasteiger charge is -2.33. The average molecular weight is 308 g/mol. The smallest absolute Gasteiger partial charge is 0.128 e. The van der Waals surface area contributed by atoms with Gasteiger partial charge in [-0.2, -0.15) is 0 Å². The molecule has 1 saturated heterocycles. The number of rotatable bonds is 2. The van der Waals surface area contributed by atoms with Gasteiger partial charge in [-0.3, -0.25) is 0 Å². The van der Waals surface area contributed by atoms with Gasteiger partial charge in [-0.05, 0) is 48.2 Å². The van der Waals surface area contributed by atoms with Crippen molar-refractivity contribution in [2.24, 2.45) is 0 Å². The van der Waals surface area contributed by atoms with Gasteiger partial charge in [0.25, 0.3) is 0 Å². The van der Waals surface area contributed by atoms with Crippen LogP contribution >= 0.6 is 11.6 Å². The molecule has 1 fully saturated rings. The molecule has 4 heteroatoms. The van der Waals surface area contributed by atoms with Gasteiger partial charge in [0, 0.05) is 17.5 Å². The summed E-state index contributed by atoms with van der Waals surface area (Å²) < 4.78 is 28.3. The largest absolute Gasteiger partial charge is 0.316 e. The number of hydrogen-bond acceptors (Lipinski definition) is 1. The average Bonchev–Trinajstić information content (AvgIpc) is 2.48. The zero-order valence-electron chi connectivity index (χ0n) is 11.5. The number of benzene rings is 2. The Morgan fingerprint density at radius 1 is 0.952 bits per heavy atom. The van der Waals surface area contributed by atoms with Crippen molar-refractivity contribution in [3.63, 3.8) is 0 Å². The summed E-state index contributed by atoms with van der Waals surface area (Å²) in [6.45, 7) is 1.45. The topological polar surface area (TPSA) is 12.0 Å². The molecule has 1 N–H and O–H groups in total. The highest BCUT2D eigenvalue weighted by Crippen LogP contribution is 2.39. The van der Waals surface area contributed by atoms with Crippen LogP contribution in [0.2, 0.25) is 5.02 Å². The van der Waals surface area contributed by atoms with Crippen LogP contribution in [-0.2, 0) is 0 Å². The van der Waals surface area contributed by atoms with Gasteiger partial charge in [-0.25, -0.2) is 8.78 Å². The molecule has 3 rings (SSSR count). The lowest BCUT2D eigenvalue weighted by molar-refractivity contribution is 0.384. The minimum atomic E-state index is -0.310. The monoisotopic (exact) mass is 307 g/mol. The Kier molecular flexibility index (Phi) is 4.22. The predicted molar refractivity (Wildman–Crippen MR) is 80.8 cm³/mol. The second kappa shape index (κ2) is 6.12. The number of hydrogen-bond donors (Lipinski definition) is 1. The maximum atomic E-state index is 14.2. The fraction of sp³-hybridized carbons (Fsp3) is 0.294. The maximum Gasteiger partial charge on any atom is 0.128 e. The lowest BCUT2D eigenvalue weighted by atomic mass is 9.77. The third-order valence-corrected chi connectivity index (χ3v) is 4.38. The molecule has 2 aromatic rings. The minimum Gasteiger partial charge on any atom is -0.316 e. The van der Waals surface area contributed by atoms with Gasteiger partial charge in [0.15, 0.2) is 0 Å². The molecule has 21 heavy (non-hydrogen) atoms. The summed E-state index contributed by atoms with van der Waals surface area (Å²) in [5.41, 5.74) is 1.26. The fourth-order valence-electron chi connectivity index (χ4n) is 3.14. The molecule has 0 amide bonds. The van der Waals surface area contributed by atoms with Gasteiger partial charge < -0.3 is 5.32 Å².